The highest BCUT2D eigenvalue weighted by Crippen LogP contribution is 2.27. The molecule has 3 rings (SSSR count). The van der Waals surface area contributed by atoms with Crippen molar-refractivity contribution in [2.24, 2.45) is 15.9 Å². The largest absolute Gasteiger partial charge is 0.493 e. The fraction of sp³-hybridized carbons (Fsp3) is 0.286. The van der Waals surface area contributed by atoms with Gasteiger partial charge in [0.2, 0.25) is 5.84 Å². The number of allylic oxidation sites excluding steroid dienone is 3. The van der Waals surface area contributed by atoms with Gasteiger partial charge in [0.05, 0.1) is 19.9 Å². The van der Waals surface area contributed by atoms with E-state index in [1.807, 2.05) is 0 Å². The number of rotatable bonds is 8. The van der Waals surface area contributed by atoms with Gasteiger partial charge in [-0.3, -0.25) is 14.4 Å². The van der Waals surface area contributed by atoms with Crippen LogP contribution in [0.3, 0.4) is 0 Å². The fourth-order valence-corrected chi connectivity index (χ4v) is 2.92. The number of carbonyl (C=O) groups is 3. The van der Waals surface area contributed by atoms with Crippen LogP contribution in [0.25, 0.3) is 0 Å². The molecule has 9 nitrogen and oxygen atoms in total. The topological polar surface area (TPSA) is 118 Å². The number of hydrogen-bond acceptors (Lipinski definition) is 6. The normalized spacial score (nSPS) is 16.9. The molecule has 1 aliphatic heterocycles. The van der Waals surface area contributed by atoms with Gasteiger partial charge in [0.15, 0.2) is 11.5 Å². The third kappa shape index (κ3) is 4.80. The predicted octanol–water partition coefficient (Wildman–Crippen LogP) is 1.06. The first-order chi connectivity index (χ1) is 14.5. The summed E-state index contributed by atoms with van der Waals surface area (Å²) in [5.41, 5.74) is 0.941. The fourth-order valence-electron chi connectivity index (χ4n) is 2.92. The van der Waals surface area contributed by atoms with E-state index in [9.17, 15) is 14.4 Å². The summed E-state index contributed by atoms with van der Waals surface area (Å²) in [6, 6.07) is 4.89. The molecule has 0 aromatic heterocycles. The quantitative estimate of drug-likeness (QED) is 0.622. The highest BCUT2D eigenvalue weighted by atomic mass is 16.5. The van der Waals surface area contributed by atoms with Crippen molar-refractivity contribution in [2.75, 3.05) is 27.3 Å². The molecule has 2 N–H and O–H groups in total. The molecule has 2 aliphatic rings. The van der Waals surface area contributed by atoms with Crippen LogP contribution in [0.1, 0.15) is 16.8 Å². The van der Waals surface area contributed by atoms with Gasteiger partial charge in [0.1, 0.15) is 5.92 Å². The lowest BCUT2D eigenvalue weighted by molar-refractivity contribution is -0.119. The van der Waals surface area contributed by atoms with Crippen LogP contribution in [0.5, 0.6) is 11.5 Å². The molecule has 1 unspecified atom stereocenters. The summed E-state index contributed by atoms with van der Waals surface area (Å²) in [6.45, 7) is 0.644. The third-order valence-corrected chi connectivity index (χ3v) is 4.49. The molecule has 0 fully saturated rings. The molecule has 0 saturated carbocycles. The molecular weight excluding hydrogens is 388 g/mol. The van der Waals surface area contributed by atoms with E-state index in [2.05, 4.69) is 20.6 Å². The van der Waals surface area contributed by atoms with Crippen molar-refractivity contribution in [2.45, 2.75) is 6.42 Å². The van der Waals surface area contributed by atoms with Crippen LogP contribution in [0.15, 0.2) is 52.5 Å². The molecule has 1 atom stereocenters. The van der Waals surface area contributed by atoms with E-state index in [1.54, 1.807) is 42.5 Å². The summed E-state index contributed by atoms with van der Waals surface area (Å²) in [6.07, 6.45) is 7.38. The first-order valence-corrected chi connectivity index (χ1v) is 9.38. The molecule has 9 heteroatoms. The van der Waals surface area contributed by atoms with Gasteiger partial charge in [-0.1, -0.05) is 18.2 Å². The van der Waals surface area contributed by atoms with Crippen LogP contribution < -0.4 is 20.1 Å². The molecule has 1 heterocycles. The minimum atomic E-state index is -0.525. The SMILES string of the molecule is COc1ccc(C(=O)NCCCNC(=O)C2=NC(=O)C3C=CC=CC3=N2)cc1OC. The summed E-state index contributed by atoms with van der Waals surface area (Å²) >= 11 is 0. The van der Waals surface area contributed by atoms with E-state index >= 15 is 0 Å². The van der Waals surface area contributed by atoms with Gasteiger partial charge in [0, 0.05) is 18.7 Å². The summed E-state index contributed by atoms with van der Waals surface area (Å²) in [4.78, 5) is 44.4. The molecule has 0 bridgehead atoms. The Bertz CT molecular complexity index is 978. The minimum absolute atomic E-state index is 0.152. The summed E-state index contributed by atoms with van der Waals surface area (Å²) < 4.78 is 10.3. The molecule has 3 amide bonds. The number of nitrogens with one attached hydrogen (secondary N) is 2. The zero-order chi connectivity index (χ0) is 21.5. The van der Waals surface area contributed by atoms with Crippen LogP contribution in [0.4, 0.5) is 0 Å². The Hall–Kier alpha value is -3.75. The Balaban J connectivity index is 1.44. The Labute approximate surface area is 173 Å². The summed E-state index contributed by atoms with van der Waals surface area (Å²) in [5.74, 6) is -0.864. The number of fused-ring (bicyclic) bond motifs is 1. The Morgan fingerprint density at radius 3 is 2.47 bits per heavy atom. The molecule has 0 spiro atoms. The number of nitrogens with zero attached hydrogens (tertiary/aromatic N) is 2. The monoisotopic (exact) mass is 410 g/mol. The molecule has 30 heavy (non-hydrogen) atoms. The first-order valence-electron chi connectivity index (χ1n) is 9.38. The van der Waals surface area contributed by atoms with E-state index in [0.717, 1.165) is 0 Å². The summed E-state index contributed by atoms with van der Waals surface area (Å²) in [7, 11) is 3.02. The van der Waals surface area contributed by atoms with Crippen molar-refractivity contribution in [1.29, 1.82) is 0 Å². The Kier molecular flexibility index (Phi) is 6.74. The van der Waals surface area contributed by atoms with Crippen LogP contribution in [0, 0.1) is 5.92 Å². The zero-order valence-electron chi connectivity index (χ0n) is 16.7. The van der Waals surface area contributed by atoms with Gasteiger partial charge in [-0.05, 0) is 30.7 Å². The predicted molar refractivity (Wildman–Crippen MR) is 111 cm³/mol. The number of carbonyl (C=O) groups excluding carboxylic acids is 3. The van der Waals surface area contributed by atoms with Gasteiger partial charge in [-0.2, -0.15) is 4.99 Å². The number of amidine groups is 1. The second-order valence-corrected chi connectivity index (χ2v) is 6.47. The van der Waals surface area contributed by atoms with Crippen molar-refractivity contribution in [3.8, 4) is 11.5 Å². The average Bonchev–Trinajstić information content (AvgIpc) is 2.78. The van der Waals surface area contributed by atoms with E-state index in [0.29, 0.717) is 42.3 Å². The molecular formula is C21H22N4O5. The van der Waals surface area contributed by atoms with Crippen molar-refractivity contribution in [3.63, 3.8) is 0 Å². The second-order valence-electron chi connectivity index (χ2n) is 6.47. The van der Waals surface area contributed by atoms with Crippen LogP contribution in [-0.4, -0.2) is 56.6 Å². The third-order valence-electron chi connectivity index (χ3n) is 4.49. The van der Waals surface area contributed by atoms with Crippen molar-refractivity contribution < 1.29 is 23.9 Å². The van der Waals surface area contributed by atoms with Crippen molar-refractivity contribution in [1.82, 2.24) is 10.6 Å². The lowest BCUT2D eigenvalue weighted by Gasteiger charge is -2.17. The first kappa shape index (κ1) is 21.0. The molecule has 156 valence electrons. The van der Waals surface area contributed by atoms with Gasteiger partial charge in [-0.25, -0.2) is 4.99 Å². The maximum Gasteiger partial charge on any atom is 0.289 e. The van der Waals surface area contributed by atoms with Crippen LogP contribution in [0.2, 0.25) is 0 Å². The van der Waals surface area contributed by atoms with E-state index in [4.69, 9.17) is 9.47 Å². The highest BCUT2D eigenvalue weighted by molar-refractivity contribution is 6.44. The van der Waals surface area contributed by atoms with Crippen molar-refractivity contribution >= 4 is 29.3 Å². The van der Waals surface area contributed by atoms with E-state index < -0.39 is 17.7 Å². The lowest BCUT2D eigenvalue weighted by Crippen LogP contribution is -2.37. The lowest BCUT2D eigenvalue weighted by atomic mass is 9.96. The van der Waals surface area contributed by atoms with Gasteiger partial charge in [0.25, 0.3) is 17.7 Å². The van der Waals surface area contributed by atoms with Gasteiger partial charge in [-0.15, -0.1) is 0 Å². The van der Waals surface area contributed by atoms with Gasteiger partial charge < -0.3 is 20.1 Å². The number of ether oxygens (including phenoxy) is 2. The summed E-state index contributed by atoms with van der Waals surface area (Å²) in [5, 5.41) is 5.43. The molecule has 1 aliphatic carbocycles. The van der Waals surface area contributed by atoms with Crippen LogP contribution >= 0.6 is 0 Å². The van der Waals surface area contributed by atoms with E-state index in [-0.39, 0.29) is 11.7 Å². The highest BCUT2D eigenvalue weighted by Gasteiger charge is 2.28. The van der Waals surface area contributed by atoms with E-state index in [1.165, 1.54) is 14.2 Å². The average molecular weight is 410 g/mol. The number of amides is 3. The maximum absolute atomic E-state index is 12.2. The molecule has 1 aromatic rings. The number of aliphatic imine (C=N–C) groups is 2. The molecule has 1 aromatic carbocycles. The Morgan fingerprint density at radius 1 is 1.00 bits per heavy atom. The van der Waals surface area contributed by atoms with Crippen LogP contribution in [-0.2, 0) is 9.59 Å². The molecule has 0 saturated heterocycles. The maximum atomic E-state index is 12.2. The zero-order valence-corrected chi connectivity index (χ0v) is 16.7. The van der Waals surface area contributed by atoms with Gasteiger partial charge >= 0.3 is 0 Å². The van der Waals surface area contributed by atoms with Crippen molar-refractivity contribution in [3.05, 3.63) is 48.1 Å². The standard InChI is InChI=1S/C21H22N4O5/c1-29-16-9-8-13(12-17(16)30-2)19(26)22-10-5-11-23-21(28)18-24-15-7-4-3-6-14(15)20(27)25-18/h3-4,6-9,12,14H,5,10-11H2,1-2H3,(H,22,26)(H,23,28). The molecule has 0 radical (unpaired) electrons. The smallest absolute Gasteiger partial charge is 0.289 e. The number of hydrogen-bond donors (Lipinski definition) is 2. The number of benzene rings is 1. The second kappa shape index (κ2) is 9.64. The number of methoxy groups -OCH3 is 2. The minimum Gasteiger partial charge on any atom is -0.493 e. The Morgan fingerprint density at radius 2 is 1.73 bits per heavy atom.